The van der Waals surface area contributed by atoms with E-state index in [1.54, 1.807) is 0 Å². The van der Waals surface area contributed by atoms with Gasteiger partial charge in [-0.05, 0) is 157 Å². The lowest BCUT2D eigenvalue weighted by atomic mass is 9.64. The molecular formula is C64H120N2O6. The quantitative estimate of drug-likeness (QED) is 0.0369. The summed E-state index contributed by atoms with van der Waals surface area (Å²) < 4.78 is 24.0. The Morgan fingerprint density at radius 3 is 2.08 bits per heavy atom. The number of carbonyl (C=O) groups excluding carboxylic acids is 2. The highest BCUT2D eigenvalue weighted by molar-refractivity contribution is 5.81. The predicted molar refractivity (Wildman–Crippen MR) is 307 cm³/mol. The summed E-state index contributed by atoms with van der Waals surface area (Å²) in [7, 11) is 0. The van der Waals surface area contributed by atoms with Gasteiger partial charge in [0.25, 0.3) is 0 Å². The molecule has 0 aromatic heterocycles. The van der Waals surface area contributed by atoms with E-state index in [0.29, 0.717) is 45.0 Å². The number of esters is 1. The Kier molecular flexibility index (Phi) is 40.0. The van der Waals surface area contributed by atoms with Crippen molar-refractivity contribution in [3.05, 3.63) is 24.3 Å². The topological polar surface area (TPSA) is 86.3 Å². The molecule has 0 radical (unpaired) electrons. The normalized spacial score (nSPS) is 20.5. The second kappa shape index (κ2) is 43.4. The summed E-state index contributed by atoms with van der Waals surface area (Å²) in [5.74, 6) is 3.02. The first-order valence-electron chi connectivity index (χ1n) is 31.2. The van der Waals surface area contributed by atoms with Gasteiger partial charge < -0.3 is 29.2 Å². The number of nitrogens with one attached hydrogen (secondary N) is 1. The smallest absolute Gasteiger partial charge is 0.306 e. The largest absolute Gasteiger partial charge is 0.466 e. The van der Waals surface area contributed by atoms with Crippen molar-refractivity contribution in [2.24, 2.45) is 34.5 Å². The van der Waals surface area contributed by atoms with Crippen LogP contribution in [0.2, 0.25) is 0 Å². The molecule has 2 unspecified atom stereocenters. The molecular weight excluding hydrogens is 893 g/mol. The molecule has 8 heteroatoms. The first kappa shape index (κ1) is 66.4. The number of amides is 1. The monoisotopic (exact) mass is 1010 g/mol. The van der Waals surface area contributed by atoms with Gasteiger partial charge in [-0.15, -0.1) is 0 Å². The fraction of sp³-hybridized carbons (Fsp3) is 0.906. The molecule has 1 N–H and O–H groups in total. The molecule has 1 heterocycles. The third-order valence-electron chi connectivity index (χ3n) is 17.0. The van der Waals surface area contributed by atoms with E-state index in [-0.39, 0.29) is 36.2 Å². The molecule has 1 amide bonds. The fourth-order valence-corrected chi connectivity index (χ4v) is 12.1. The van der Waals surface area contributed by atoms with Gasteiger partial charge in [0.05, 0.1) is 39.0 Å². The Balaban J connectivity index is 1.50. The minimum atomic E-state index is -0.262. The Bertz CT molecular complexity index is 1350. The summed E-state index contributed by atoms with van der Waals surface area (Å²) in [4.78, 5) is 27.6. The minimum absolute atomic E-state index is 0.0761. The van der Waals surface area contributed by atoms with Gasteiger partial charge in [0, 0.05) is 32.7 Å². The number of piperidine rings is 1. The summed E-state index contributed by atoms with van der Waals surface area (Å²) in [6, 6.07) is 0. The molecule has 0 bridgehead atoms. The fourth-order valence-electron chi connectivity index (χ4n) is 12.1. The first-order chi connectivity index (χ1) is 35.0. The molecule has 1 aliphatic carbocycles. The third kappa shape index (κ3) is 32.6. The molecule has 1 aliphatic heterocycles. The van der Waals surface area contributed by atoms with Gasteiger partial charge in [0.2, 0.25) is 5.91 Å². The maximum Gasteiger partial charge on any atom is 0.306 e. The summed E-state index contributed by atoms with van der Waals surface area (Å²) in [5.41, 5.74) is 0.736. The number of rotatable bonds is 48. The van der Waals surface area contributed by atoms with Crippen molar-refractivity contribution in [1.29, 1.82) is 0 Å². The zero-order valence-corrected chi connectivity index (χ0v) is 49.0. The number of hydrogen-bond acceptors (Lipinski definition) is 7. The summed E-state index contributed by atoms with van der Waals surface area (Å²) >= 11 is 0. The number of allylic oxidation sites excluding steroid dienone is 4. The predicted octanol–water partition coefficient (Wildman–Crippen LogP) is 17.0. The highest BCUT2D eigenvalue weighted by Crippen LogP contribution is 2.56. The molecule has 0 aromatic carbocycles. The average molecular weight is 1010 g/mol. The van der Waals surface area contributed by atoms with Crippen LogP contribution >= 0.6 is 0 Å². The number of hydrogen-bond donors (Lipinski definition) is 1. The summed E-state index contributed by atoms with van der Waals surface area (Å²) in [6.07, 6.45) is 48.2. The van der Waals surface area contributed by atoms with Crippen molar-refractivity contribution >= 4 is 11.9 Å². The van der Waals surface area contributed by atoms with E-state index in [0.717, 1.165) is 101 Å². The molecule has 72 heavy (non-hydrogen) atoms. The Morgan fingerprint density at radius 2 is 1.38 bits per heavy atom. The highest BCUT2D eigenvalue weighted by Gasteiger charge is 2.47. The molecule has 0 spiro atoms. The lowest BCUT2D eigenvalue weighted by molar-refractivity contribution is -0.145. The summed E-state index contributed by atoms with van der Waals surface area (Å²) in [6.45, 7) is 27.0. The van der Waals surface area contributed by atoms with Crippen LogP contribution in [0.25, 0.3) is 0 Å². The van der Waals surface area contributed by atoms with Crippen molar-refractivity contribution in [2.75, 3.05) is 65.8 Å². The number of likely N-dealkylation sites (tertiary alicyclic amines) is 1. The van der Waals surface area contributed by atoms with Crippen LogP contribution in [-0.4, -0.2) is 88.7 Å². The van der Waals surface area contributed by atoms with Gasteiger partial charge in [-0.2, -0.15) is 0 Å². The van der Waals surface area contributed by atoms with Gasteiger partial charge in [0.15, 0.2) is 0 Å². The van der Waals surface area contributed by atoms with Crippen molar-refractivity contribution in [3.8, 4) is 0 Å². The third-order valence-corrected chi connectivity index (χ3v) is 17.0. The van der Waals surface area contributed by atoms with Crippen LogP contribution in [0.15, 0.2) is 24.3 Å². The Morgan fingerprint density at radius 1 is 0.694 bits per heavy atom. The molecule has 1 saturated heterocycles. The van der Waals surface area contributed by atoms with E-state index in [1.165, 1.54) is 148 Å². The van der Waals surface area contributed by atoms with Gasteiger partial charge in [-0.1, -0.05) is 170 Å². The van der Waals surface area contributed by atoms with Crippen LogP contribution in [0.1, 0.15) is 267 Å². The average Bonchev–Trinajstić information content (AvgIpc) is 3.69. The highest BCUT2D eigenvalue weighted by atomic mass is 16.6. The van der Waals surface area contributed by atoms with Crippen molar-refractivity contribution in [3.63, 3.8) is 0 Å². The van der Waals surface area contributed by atoms with E-state index >= 15 is 0 Å². The molecule has 1 saturated carbocycles. The lowest BCUT2D eigenvalue weighted by Gasteiger charge is -2.41. The van der Waals surface area contributed by atoms with Crippen molar-refractivity contribution < 1.29 is 28.5 Å². The van der Waals surface area contributed by atoms with E-state index in [2.05, 4.69) is 89.9 Å². The number of ether oxygens (including phenoxy) is 4. The lowest BCUT2D eigenvalue weighted by Crippen LogP contribution is -2.40. The van der Waals surface area contributed by atoms with Crippen LogP contribution in [0, 0.1) is 34.5 Å². The first-order valence-corrected chi connectivity index (χ1v) is 31.2. The van der Waals surface area contributed by atoms with Gasteiger partial charge in [-0.3, -0.25) is 9.59 Å². The second-order valence-corrected chi connectivity index (χ2v) is 23.9. The van der Waals surface area contributed by atoms with E-state index < -0.39 is 0 Å². The Hall–Kier alpha value is -1.74. The number of carbonyl (C=O) groups is 2. The van der Waals surface area contributed by atoms with Crippen LogP contribution < -0.4 is 5.32 Å². The van der Waals surface area contributed by atoms with E-state index in [1.807, 2.05) is 0 Å². The minimum Gasteiger partial charge on any atom is -0.466 e. The van der Waals surface area contributed by atoms with Crippen LogP contribution in [0.3, 0.4) is 0 Å². The van der Waals surface area contributed by atoms with Crippen LogP contribution in [0.5, 0.6) is 0 Å². The summed E-state index contributed by atoms with van der Waals surface area (Å²) in [5, 5.41) is 2.99. The van der Waals surface area contributed by atoms with Gasteiger partial charge >= 0.3 is 5.97 Å². The maximum atomic E-state index is 12.5. The molecule has 6 atom stereocenters. The number of unbranched alkanes of at least 4 members (excludes halogenated alkanes) is 11. The van der Waals surface area contributed by atoms with Crippen LogP contribution in [0.4, 0.5) is 0 Å². The van der Waals surface area contributed by atoms with E-state index in [9.17, 15) is 9.59 Å². The van der Waals surface area contributed by atoms with Crippen molar-refractivity contribution in [1.82, 2.24) is 10.2 Å². The zero-order chi connectivity index (χ0) is 52.4. The van der Waals surface area contributed by atoms with Crippen molar-refractivity contribution in [2.45, 2.75) is 273 Å². The van der Waals surface area contributed by atoms with Crippen LogP contribution in [-0.2, 0) is 28.5 Å². The molecule has 2 fully saturated rings. The molecule has 8 nitrogen and oxygen atoms in total. The maximum absolute atomic E-state index is 12.5. The van der Waals surface area contributed by atoms with E-state index in [4.69, 9.17) is 18.9 Å². The zero-order valence-electron chi connectivity index (χ0n) is 49.0. The molecule has 2 aliphatic rings. The second-order valence-electron chi connectivity index (χ2n) is 23.9. The standard InChI is InChI=1S/C64H120N2O6/c1-9-12-13-14-15-16-17-18-19-20-21-22-23-24-25-31-50-70-55-59(54-66-47-29-27-30-48-66)71-53-52-69-49-32-26-28-46-65-61(67)41-42-62(68)72-51-35-44-63(7,11-3)43-34-45-64(8)58(36-10-2)39-40-60(64)57(6)38-33-37-56(4)5/h15-16,18-19,56-60H,9-14,17,20-55H2,1-8H3,(H,65,67)/t57-,58?,59?,60-,63+,64+/m1/s1. The number of nitrogens with zero attached hydrogens (tertiary/aromatic N) is 1. The van der Waals surface area contributed by atoms with Gasteiger partial charge in [0.1, 0.15) is 0 Å². The SMILES string of the molecule is CCCCCC=CCC=CCCCCCCCCOCC(CN1CCCCC1)OCCOCCCCCNC(=O)CCC(=O)OCCC[C@@](C)(CC)CCC[C@@]1(C)C(CCC)CC[C@@H]1[C@H](C)CCCC(C)C. The van der Waals surface area contributed by atoms with Gasteiger partial charge in [-0.25, -0.2) is 0 Å². The molecule has 422 valence electrons. The molecule has 2 rings (SSSR count). The molecule has 0 aromatic rings. The Labute approximate surface area is 446 Å².